The zero-order chi connectivity index (χ0) is 22.5. The maximum Gasteiger partial charge on any atom is 0.272 e. The van der Waals surface area contributed by atoms with Gasteiger partial charge in [0.2, 0.25) is 12.3 Å². The SMILES string of the molecule is CC(CC(=O)N(C=O)c1cccc(Cc2n[nH]c(=O)c3ccccc23)c1)c1ccccc1. The van der Waals surface area contributed by atoms with E-state index in [9.17, 15) is 14.4 Å². The molecule has 2 amide bonds. The third-order valence-corrected chi connectivity index (χ3v) is 5.56. The lowest BCUT2D eigenvalue weighted by Crippen LogP contribution is -2.30. The lowest BCUT2D eigenvalue weighted by Gasteiger charge is -2.19. The van der Waals surface area contributed by atoms with Crippen LogP contribution in [0.2, 0.25) is 0 Å². The topological polar surface area (TPSA) is 83.1 Å². The highest BCUT2D eigenvalue weighted by Crippen LogP contribution is 2.24. The molecule has 1 unspecified atom stereocenters. The third-order valence-electron chi connectivity index (χ3n) is 5.56. The van der Waals surface area contributed by atoms with Gasteiger partial charge < -0.3 is 0 Å². The first-order chi connectivity index (χ1) is 15.6. The lowest BCUT2D eigenvalue weighted by atomic mass is 9.97. The Morgan fingerprint density at radius 3 is 2.47 bits per heavy atom. The molecule has 1 heterocycles. The summed E-state index contributed by atoms with van der Waals surface area (Å²) in [5.41, 5.74) is 2.93. The second-order valence-corrected chi connectivity index (χ2v) is 7.78. The molecule has 6 nitrogen and oxygen atoms in total. The average Bonchev–Trinajstić information content (AvgIpc) is 2.82. The van der Waals surface area contributed by atoms with Gasteiger partial charge >= 0.3 is 0 Å². The van der Waals surface area contributed by atoms with E-state index in [4.69, 9.17) is 0 Å². The maximum atomic E-state index is 12.9. The molecule has 32 heavy (non-hydrogen) atoms. The van der Waals surface area contributed by atoms with Crippen LogP contribution < -0.4 is 10.5 Å². The van der Waals surface area contributed by atoms with Crippen LogP contribution in [0.25, 0.3) is 10.8 Å². The number of hydrogen-bond acceptors (Lipinski definition) is 4. The largest absolute Gasteiger partial charge is 0.278 e. The number of benzene rings is 3. The van der Waals surface area contributed by atoms with Crippen molar-refractivity contribution in [3.05, 3.63) is 106 Å². The van der Waals surface area contributed by atoms with Gasteiger partial charge in [-0.1, -0.05) is 67.6 Å². The van der Waals surface area contributed by atoms with Crippen LogP contribution in [-0.4, -0.2) is 22.5 Å². The molecule has 1 N–H and O–H groups in total. The normalized spacial score (nSPS) is 11.8. The van der Waals surface area contributed by atoms with Crippen molar-refractivity contribution in [3.8, 4) is 0 Å². The van der Waals surface area contributed by atoms with Crippen molar-refractivity contribution in [2.75, 3.05) is 4.90 Å². The summed E-state index contributed by atoms with van der Waals surface area (Å²) >= 11 is 0. The second-order valence-electron chi connectivity index (χ2n) is 7.78. The molecule has 0 spiro atoms. The van der Waals surface area contributed by atoms with Gasteiger partial charge in [-0.25, -0.2) is 5.10 Å². The van der Waals surface area contributed by atoms with Crippen LogP contribution in [0.3, 0.4) is 0 Å². The Bertz CT molecular complexity index is 1310. The molecule has 4 aromatic rings. The number of imide groups is 1. The quantitative estimate of drug-likeness (QED) is 0.450. The number of hydrogen-bond donors (Lipinski definition) is 1. The highest BCUT2D eigenvalue weighted by Gasteiger charge is 2.19. The van der Waals surface area contributed by atoms with Crippen LogP contribution in [0.4, 0.5) is 5.69 Å². The molecule has 160 valence electrons. The predicted molar refractivity (Wildman–Crippen MR) is 125 cm³/mol. The number of carbonyl (C=O) groups is 2. The van der Waals surface area contributed by atoms with E-state index in [1.807, 2.05) is 67.6 Å². The Balaban J connectivity index is 1.56. The molecule has 0 aliphatic heterocycles. The van der Waals surface area contributed by atoms with E-state index in [0.717, 1.165) is 27.1 Å². The van der Waals surface area contributed by atoms with Gasteiger partial charge in [0.15, 0.2) is 0 Å². The van der Waals surface area contributed by atoms with Crippen molar-refractivity contribution in [1.82, 2.24) is 10.2 Å². The van der Waals surface area contributed by atoms with Crippen LogP contribution in [0.1, 0.15) is 36.1 Å². The number of amides is 2. The summed E-state index contributed by atoms with van der Waals surface area (Å²) in [5.74, 6) is -0.271. The van der Waals surface area contributed by atoms with Crippen molar-refractivity contribution in [2.45, 2.75) is 25.7 Å². The molecular weight excluding hydrogens is 402 g/mol. The molecule has 0 fully saturated rings. The minimum absolute atomic E-state index is 0.00830. The molecule has 0 radical (unpaired) electrons. The lowest BCUT2D eigenvalue weighted by molar-refractivity contribution is -0.122. The Labute approximate surface area is 185 Å². The summed E-state index contributed by atoms with van der Waals surface area (Å²) in [4.78, 5) is 37.9. The van der Waals surface area contributed by atoms with Gasteiger partial charge in [0, 0.05) is 18.2 Å². The number of nitrogens with zero attached hydrogens (tertiary/aromatic N) is 2. The van der Waals surface area contributed by atoms with Gasteiger partial charge in [0.25, 0.3) is 5.56 Å². The molecule has 0 aliphatic carbocycles. The summed E-state index contributed by atoms with van der Waals surface area (Å²) in [6, 6.07) is 24.3. The molecule has 4 rings (SSSR count). The first kappa shape index (κ1) is 21.2. The number of aromatic amines is 1. The summed E-state index contributed by atoms with van der Waals surface area (Å²) in [7, 11) is 0. The molecule has 0 saturated carbocycles. The van der Waals surface area contributed by atoms with Gasteiger partial charge in [-0.15, -0.1) is 0 Å². The van der Waals surface area contributed by atoms with Crippen molar-refractivity contribution in [1.29, 1.82) is 0 Å². The molecule has 0 bridgehead atoms. The van der Waals surface area contributed by atoms with Gasteiger partial charge in [0.1, 0.15) is 0 Å². The summed E-state index contributed by atoms with van der Waals surface area (Å²) < 4.78 is 0. The van der Waals surface area contributed by atoms with E-state index in [2.05, 4.69) is 10.2 Å². The van der Waals surface area contributed by atoms with E-state index in [0.29, 0.717) is 23.9 Å². The molecule has 1 aromatic heterocycles. The molecule has 3 aromatic carbocycles. The third kappa shape index (κ3) is 4.49. The van der Waals surface area contributed by atoms with Crippen molar-refractivity contribution in [3.63, 3.8) is 0 Å². The maximum absolute atomic E-state index is 12.9. The number of rotatable bonds is 7. The molecule has 1 atom stereocenters. The molecule has 6 heteroatoms. The first-order valence-corrected chi connectivity index (χ1v) is 10.4. The molecule has 0 aliphatic rings. The van der Waals surface area contributed by atoms with Crippen LogP contribution in [0.5, 0.6) is 0 Å². The Kier molecular flexibility index (Phi) is 6.22. The zero-order valence-corrected chi connectivity index (χ0v) is 17.7. The predicted octanol–water partition coefficient (Wildman–Crippen LogP) is 4.20. The fourth-order valence-electron chi connectivity index (χ4n) is 3.84. The van der Waals surface area contributed by atoms with E-state index in [1.165, 1.54) is 0 Å². The smallest absolute Gasteiger partial charge is 0.272 e. The van der Waals surface area contributed by atoms with E-state index >= 15 is 0 Å². The van der Waals surface area contributed by atoms with Crippen LogP contribution >= 0.6 is 0 Å². The first-order valence-electron chi connectivity index (χ1n) is 10.4. The standard InChI is InChI=1S/C26H23N3O3/c1-18(20-9-3-2-4-10-20)14-25(31)29(17-30)21-11-7-8-19(15-21)16-24-22-12-5-6-13-23(22)26(32)28-27-24/h2-13,15,17-18H,14,16H2,1H3,(H,28,32). The summed E-state index contributed by atoms with van der Waals surface area (Å²) in [5, 5.41) is 8.11. The second kappa shape index (κ2) is 9.39. The van der Waals surface area contributed by atoms with Gasteiger partial charge in [0.05, 0.1) is 16.8 Å². The fourth-order valence-corrected chi connectivity index (χ4v) is 3.84. The number of fused-ring (bicyclic) bond motifs is 1. The number of anilines is 1. The van der Waals surface area contributed by atoms with Crippen LogP contribution in [0, 0.1) is 0 Å². The highest BCUT2D eigenvalue weighted by molar-refractivity contribution is 6.07. The number of H-pyrrole nitrogens is 1. The van der Waals surface area contributed by atoms with E-state index in [-0.39, 0.29) is 23.8 Å². The van der Waals surface area contributed by atoms with Gasteiger partial charge in [-0.3, -0.25) is 19.3 Å². The van der Waals surface area contributed by atoms with E-state index in [1.54, 1.807) is 18.2 Å². The average molecular weight is 425 g/mol. The minimum atomic E-state index is -0.263. The number of carbonyl (C=O) groups excluding carboxylic acids is 2. The zero-order valence-electron chi connectivity index (χ0n) is 17.7. The Morgan fingerprint density at radius 2 is 1.72 bits per heavy atom. The number of aromatic nitrogens is 2. The van der Waals surface area contributed by atoms with Crippen molar-refractivity contribution in [2.24, 2.45) is 0 Å². The fraction of sp³-hybridized carbons (Fsp3) is 0.154. The van der Waals surface area contributed by atoms with Crippen LogP contribution in [-0.2, 0) is 16.0 Å². The van der Waals surface area contributed by atoms with E-state index < -0.39 is 0 Å². The van der Waals surface area contributed by atoms with Crippen molar-refractivity contribution >= 4 is 28.8 Å². The minimum Gasteiger partial charge on any atom is -0.278 e. The van der Waals surface area contributed by atoms with Gasteiger partial charge in [-0.05, 0) is 35.2 Å². The molecular formula is C26H23N3O3. The van der Waals surface area contributed by atoms with Gasteiger partial charge in [-0.2, -0.15) is 5.10 Å². The Morgan fingerprint density at radius 1 is 1.00 bits per heavy atom. The summed E-state index contributed by atoms with van der Waals surface area (Å²) in [6.07, 6.45) is 1.23. The molecule has 0 saturated heterocycles. The Hall–Kier alpha value is -4.06. The number of nitrogens with one attached hydrogen (secondary N) is 1. The van der Waals surface area contributed by atoms with Crippen molar-refractivity contribution < 1.29 is 9.59 Å². The highest BCUT2D eigenvalue weighted by atomic mass is 16.2. The summed E-state index contributed by atoms with van der Waals surface area (Å²) in [6.45, 7) is 1.97. The van der Waals surface area contributed by atoms with Crippen LogP contribution in [0.15, 0.2) is 83.7 Å². The monoisotopic (exact) mass is 425 g/mol.